The molecule has 1 fully saturated rings. The summed E-state index contributed by atoms with van der Waals surface area (Å²) in [6.45, 7) is 0. The predicted octanol–water partition coefficient (Wildman–Crippen LogP) is 3.37. The molecule has 3 heteroatoms. The van der Waals surface area contributed by atoms with Gasteiger partial charge in [-0.05, 0) is 30.9 Å². The van der Waals surface area contributed by atoms with Gasteiger partial charge in [0.2, 0.25) is 0 Å². The lowest BCUT2D eigenvalue weighted by Gasteiger charge is -2.40. The summed E-state index contributed by atoms with van der Waals surface area (Å²) >= 11 is 0. The monoisotopic (exact) mass is 245 g/mol. The standard InChI is InChI=1S/C15H19NO2/c17-14(18)8-10-15-9-4-3-6-12(15)11-5-1-2-7-13(11)16-15/h1-2,5,7,12,16H,3-4,6,8-10H2,(H,17,18). The molecule has 1 aliphatic heterocycles. The first kappa shape index (κ1) is 11.6. The van der Waals surface area contributed by atoms with Crippen LogP contribution in [0.4, 0.5) is 5.69 Å². The van der Waals surface area contributed by atoms with Crippen LogP contribution in [0.15, 0.2) is 24.3 Å². The van der Waals surface area contributed by atoms with Crippen molar-refractivity contribution in [3.8, 4) is 0 Å². The molecule has 2 atom stereocenters. The van der Waals surface area contributed by atoms with Gasteiger partial charge in [-0.15, -0.1) is 0 Å². The molecule has 1 aromatic rings. The molecule has 0 spiro atoms. The quantitative estimate of drug-likeness (QED) is 0.858. The molecule has 3 rings (SSSR count). The van der Waals surface area contributed by atoms with Crippen LogP contribution in [0.3, 0.4) is 0 Å². The van der Waals surface area contributed by atoms with Gasteiger partial charge in [0.1, 0.15) is 0 Å². The Hall–Kier alpha value is -1.51. The minimum Gasteiger partial charge on any atom is -0.481 e. The summed E-state index contributed by atoms with van der Waals surface area (Å²) in [5, 5.41) is 12.6. The van der Waals surface area contributed by atoms with Gasteiger partial charge in [0.15, 0.2) is 0 Å². The van der Waals surface area contributed by atoms with Gasteiger partial charge in [-0.3, -0.25) is 4.79 Å². The first-order valence-corrected chi connectivity index (χ1v) is 6.80. The number of hydrogen-bond donors (Lipinski definition) is 2. The summed E-state index contributed by atoms with van der Waals surface area (Å²) in [6.07, 6.45) is 5.75. The maximum absolute atomic E-state index is 10.9. The maximum Gasteiger partial charge on any atom is 0.303 e. The van der Waals surface area contributed by atoms with Crippen molar-refractivity contribution in [3.05, 3.63) is 29.8 Å². The molecular weight excluding hydrogens is 226 g/mol. The molecule has 18 heavy (non-hydrogen) atoms. The molecule has 0 radical (unpaired) electrons. The highest BCUT2D eigenvalue weighted by atomic mass is 16.4. The van der Waals surface area contributed by atoms with E-state index in [2.05, 4.69) is 23.5 Å². The Labute approximate surface area is 107 Å². The molecule has 0 saturated heterocycles. The Bertz CT molecular complexity index is 471. The normalized spacial score (nSPS) is 29.2. The minimum atomic E-state index is -0.688. The van der Waals surface area contributed by atoms with E-state index in [0.29, 0.717) is 5.92 Å². The number of anilines is 1. The van der Waals surface area contributed by atoms with Crippen LogP contribution in [-0.4, -0.2) is 16.6 Å². The highest BCUT2D eigenvalue weighted by Crippen LogP contribution is 2.52. The van der Waals surface area contributed by atoms with Gasteiger partial charge in [-0.2, -0.15) is 0 Å². The number of hydrogen-bond acceptors (Lipinski definition) is 2. The molecule has 0 bridgehead atoms. The van der Waals surface area contributed by atoms with Crippen molar-refractivity contribution in [2.45, 2.75) is 50.0 Å². The molecule has 0 aromatic heterocycles. The average molecular weight is 245 g/mol. The highest BCUT2D eigenvalue weighted by Gasteiger charge is 2.46. The lowest BCUT2D eigenvalue weighted by Crippen LogP contribution is -2.42. The molecule has 1 aliphatic carbocycles. The van der Waals surface area contributed by atoms with Gasteiger partial charge in [-0.1, -0.05) is 31.0 Å². The van der Waals surface area contributed by atoms with Crippen LogP contribution >= 0.6 is 0 Å². The fraction of sp³-hybridized carbons (Fsp3) is 0.533. The SMILES string of the molecule is O=C(O)CCC12CCCCC1c1ccccc1N2. The first-order chi connectivity index (χ1) is 8.71. The van der Waals surface area contributed by atoms with E-state index in [1.807, 2.05) is 6.07 Å². The van der Waals surface area contributed by atoms with Crippen LogP contribution in [-0.2, 0) is 4.79 Å². The lowest BCUT2D eigenvalue weighted by molar-refractivity contribution is -0.137. The minimum absolute atomic E-state index is 0.000324. The van der Waals surface area contributed by atoms with Crippen molar-refractivity contribution in [3.63, 3.8) is 0 Å². The highest BCUT2D eigenvalue weighted by molar-refractivity contribution is 5.68. The summed E-state index contributed by atoms with van der Waals surface area (Å²) < 4.78 is 0. The topological polar surface area (TPSA) is 49.3 Å². The lowest BCUT2D eigenvalue weighted by atomic mass is 9.70. The predicted molar refractivity (Wildman–Crippen MR) is 70.9 cm³/mol. The van der Waals surface area contributed by atoms with E-state index >= 15 is 0 Å². The van der Waals surface area contributed by atoms with E-state index in [0.717, 1.165) is 12.8 Å². The summed E-state index contributed by atoms with van der Waals surface area (Å²) in [5.74, 6) is -0.187. The molecule has 96 valence electrons. The summed E-state index contributed by atoms with van der Waals surface area (Å²) in [7, 11) is 0. The molecule has 2 unspecified atom stereocenters. The first-order valence-electron chi connectivity index (χ1n) is 6.80. The summed E-state index contributed by atoms with van der Waals surface area (Å²) in [5.41, 5.74) is 2.61. The van der Waals surface area contributed by atoms with Gasteiger partial charge in [0.05, 0.1) is 0 Å². The molecule has 2 aliphatic rings. The third-order valence-corrected chi connectivity index (χ3v) is 4.54. The average Bonchev–Trinajstić information content (AvgIpc) is 2.71. The van der Waals surface area contributed by atoms with Crippen LogP contribution < -0.4 is 5.32 Å². The van der Waals surface area contributed by atoms with Crippen LogP contribution in [0, 0.1) is 0 Å². The van der Waals surface area contributed by atoms with Crippen LogP contribution in [0.25, 0.3) is 0 Å². The van der Waals surface area contributed by atoms with Gasteiger partial charge < -0.3 is 10.4 Å². The van der Waals surface area contributed by atoms with Crippen molar-refractivity contribution in [2.24, 2.45) is 0 Å². The smallest absolute Gasteiger partial charge is 0.303 e. The maximum atomic E-state index is 10.9. The van der Waals surface area contributed by atoms with E-state index in [4.69, 9.17) is 5.11 Å². The number of carbonyl (C=O) groups is 1. The second-order valence-electron chi connectivity index (χ2n) is 5.56. The van der Waals surface area contributed by atoms with Gasteiger partial charge >= 0.3 is 5.97 Å². The van der Waals surface area contributed by atoms with Crippen molar-refractivity contribution in [2.75, 3.05) is 5.32 Å². The Morgan fingerprint density at radius 3 is 3.06 bits per heavy atom. The van der Waals surface area contributed by atoms with E-state index in [9.17, 15) is 4.79 Å². The van der Waals surface area contributed by atoms with E-state index in [1.54, 1.807) is 0 Å². The third-order valence-electron chi connectivity index (χ3n) is 4.54. The van der Waals surface area contributed by atoms with Crippen LogP contribution in [0.5, 0.6) is 0 Å². The van der Waals surface area contributed by atoms with E-state index in [1.165, 1.54) is 30.5 Å². The zero-order valence-electron chi connectivity index (χ0n) is 10.5. The molecule has 0 amide bonds. The van der Waals surface area contributed by atoms with Crippen LogP contribution in [0.2, 0.25) is 0 Å². The molecule has 3 nitrogen and oxygen atoms in total. The van der Waals surface area contributed by atoms with Gasteiger partial charge in [0.25, 0.3) is 0 Å². The Morgan fingerprint density at radius 1 is 1.39 bits per heavy atom. The zero-order valence-corrected chi connectivity index (χ0v) is 10.5. The molecular formula is C15H19NO2. The molecule has 1 aromatic carbocycles. The summed E-state index contributed by atoms with van der Waals surface area (Å²) in [6, 6.07) is 8.45. The van der Waals surface area contributed by atoms with Gasteiger partial charge in [-0.25, -0.2) is 0 Å². The fourth-order valence-corrected chi connectivity index (χ4v) is 3.72. The Balaban J connectivity index is 1.91. The third kappa shape index (κ3) is 1.78. The zero-order chi connectivity index (χ0) is 12.6. The molecule has 1 saturated carbocycles. The molecule has 2 N–H and O–H groups in total. The fourth-order valence-electron chi connectivity index (χ4n) is 3.72. The van der Waals surface area contributed by atoms with Crippen molar-refractivity contribution < 1.29 is 9.90 Å². The summed E-state index contributed by atoms with van der Waals surface area (Å²) in [4.78, 5) is 10.9. The second-order valence-corrected chi connectivity index (χ2v) is 5.56. The second kappa shape index (κ2) is 4.30. The van der Waals surface area contributed by atoms with Crippen LogP contribution in [0.1, 0.15) is 50.0 Å². The van der Waals surface area contributed by atoms with Crippen molar-refractivity contribution >= 4 is 11.7 Å². The number of nitrogens with one attached hydrogen (secondary N) is 1. The van der Waals surface area contributed by atoms with Crippen molar-refractivity contribution in [1.29, 1.82) is 0 Å². The number of para-hydroxylation sites is 1. The number of carboxylic acid groups (broad SMARTS) is 1. The van der Waals surface area contributed by atoms with E-state index in [-0.39, 0.29) is 12.0 Å². The Kier molecular flexibility index (Phi) is 2.77. The Morgan fingerprint density at radius 2 is 2.22 bits per heavy atom. The van der Waals surface area contributed by atoms with Crippen molar-refractivity contribution in [1.82, 2.24) is 0 Å². The number of rotatable bonds is 3. The number of carboxylic acids is 1. The number of aliphatic carboxylic acids is 1. The largest absolute Gasteiger partial charge is 0.481 e. The number of benzene rings is 1. The molecule has 1 heterocycles. The number of fused-ring (bicyclic) bond motifs is 3. The van der Waals surface area contributed by atoms with E-state index < -0.39 is 5.97 Å². The van der Waals surface area contributed by atoms with Gasteiger partial charge in [0, 0.05) is 23.6 Å².